The number of nitrogens with zero attached hydrogens (tertiary/aromatic N) is 1. The maximum atomic E-state index is 12.3. The van der Waals surface area contributed by atoms with E-state index in [-0.39, 0.29) is 18.4 Å². The molecule has 2 N–H and O–H groups in total. The number of rotatable bonds is 7. The summed E-state index contributed by atoms with van der Waals surface area (Å²) >= 11 is 0. The van der Waals surface area contributed by atoms with E-state index in [1.165, 1.54) is 11.1 Å². The van der Waals surface area contributed by atoms with Crippen LogP contribution in [0.1, 0.15) is 36.5 Å². The lowest BCUT2D eigenvalue weighted by molar-refractivity contribution is -0.123. The van der Waals surface area contributed by atoms with E-state index in [2.05, 4.69) is 46.7 Å². The molecule has 158 valence electrons. The predicted octanol–water partition coefficient (Wildman–Crippen LogP) is 2.90. The van der Waals surface area contributed by atoms with E-state index in [4.69, 9.17) is 4.74 Å². The average Bonchev–Trinajstić information content (AvgIpc) is 2.78. The molecule has 0 fully saturated rings. The van der Waals surface area contributed by atoms with Crippen LogP contribution in [0.25, 0.3) is 0 Å². The Labute approximate surface area is 177 Å². The minimum atomic E-state index is -0.114. The van der Waals surface area contributed by atoms with Gasteiger partial charge in [0, 0.05) is 37.8 Å². The SMILES string of the molecule is CC[C@@H](CNC(=O)COc1ccc2c(c1)CCC(=O)N2)N1CCc2ccccc2C1. The van der Waals surface area contributed by atoms with Crippen molar-refractivity contribution in [3.8, 4) is 5.75 Å². The summed E-state index contributed by atoms with van der Waals surface area (Å²) in [6.07, 6.45) is 3.22. The van der Waals surface area contributed by atoms with Gasteiger partial charge in [0.05, 0.1) is 0 Å². The number of anilines is 1. The van der Waals surface area contributed by atoms with Gasteiger partial charge >= 0.3 is 0 Å². The van der Waals surface area contributed by atoms with Crippen LogP contribution >= 0.6 is 0 Å². The third kappa shape index (κ3) is 4.82. The van der Waals surface area contributed by atoms with Crippen LogP contribution in [0, 0.1) is 0 Å². The van der Waals surface area contributed by atoms with Crippen molar-refractivity contribution in [1.29, 1.82) is 0 Å². The van der Waals surface area contributed by atoms with Crippen LogP contribution < -0.4 is 15.4 Å². The Hall–Kier alpha value is -2.86. The molecule has 2 heterocycles. The Morgan fingerprint density at radius 1 is 1.13 bits per heavy atom. The van der Waals surface area contributed by atoms with Crippen molar-refractivity contribution in [2.24, 2.45) is 0 Å². The fourth-order valence-electron chi connectivity index (χ4n) is 4.24. The zero-order valence-electron chi connectivity index (χ0n) is 17.4. The van der Waals surface area contributed by atoms with Gasteiger partial charge in [0.25, 0.3) is 5.91 Å². The molecule has 2 aromatic carbocycles. The lowest BCUT2D eigenvalue weighted by Crippen LogP contribution is -2.46. The molecular formula is C24H29N3O3. The number of aryl methyl sites for hydroxylation is 1. The van der Waals surface area contributed by atoms with Crippen LogP contribution in [-0.2, 0) is 29.0 Å². The van der Waals surface area contributed by atoms with Crippen LogP contribution in [0.15, 0.2) is 42.5 Å². The van der Waals surface area contributed by atoms with Gasteiger partial charge < -0.3 is 15.4 Å². The molecule has 0 aliphatic carbocycles. The number of carbonyl (C=O) groups excluding carboxylic acids is 2. The molecule has 0 bridgehead atoms. The lowest BCUT2D eigenvalue weighted by Gasteiger charge is -2.35. The van der Waals surface area contributed by atoms with Crippen molar-refractivity contribution in [3.63, 3.8) is 0 Å². The first-order valence-corrected chi connectivity index (χ1v) is 10.8. The van der Waals surface area contributed by atoms with E-state index in [0.717, 1.165) is 37.2 Å². The normalized spacial score (nSPS) is 16.8. The standard InChI is InChI=1S/C24H29N3O3/c1-2-20(27-12-11-17-5-3-4-6-19(17)15-27)14-25-24(29)16-30-21-8-9-22-18(13-21)7-10-23(28)26-22/h3-6,8-9,13,20H,2,7,10-12,14-16H2,1H3,(H,25,29)(H,26,28)/t20-/m0/s1. The first-order valence-electron chi connectivity index (χ1n) is 10.8. The van der Waals surface area contributed by atoms with E-state index in [0.29, 0.717) is 31.2 Å². The molecule has 0 unspecified atom stereocenters. The third-order valence-electron chi connectivity index (χ3n) is 6.02. The van der Waals surface area contributed by atoms with E-state index in [9.17, 15) is 9.59 Å². The molecule has 6 nitrogen and oxygen atoms in total. The highest BCUT2D eigenvalue weighted by atomic mass is 16.5. The summed E-state index contributed by atoms with van der Waals surface area (Å²) in [4.78, 5) is 26.3. The van der Waals surface area contributed by atoms with Crippen LogP contribution in [0.4, 0.5) is 5.69 Å². The quantitative estimate of drug-likeness (QED) is 0.740. The van der Waals surface area contributed by atoms with Gasteiger partial charge in [-0.3, -0.25) is 14.5 Å². The van der Waals surface area contributed by atoms with E-state index < -0.39 is 0 Å². The Balaban J connectivity index is 1.26. The van der Waals surface area contributed by atoms with E-state index in [1.54, 1.807) is 6.07 Å². The smallest absolute Gasteiger partial charge is 0.257 e. The second-order valence-electron chi connectivity index (χ2n) is 8.01. The van der Waals surface area contributed by atoms with Crippen molar-refractivity contribution in [1.82, 2.24) is 10.2 Å². The summed E-state index contributed by atoms with van der Waals surface area (Å²) in [5.74, 6) is 0.579. The van der Waals surface area contributed by atoms with E-state index >= 15 is 0 Å². The molecule has 2 aliphatic heterocycles. The fourth-order valence-corrected chi connectivity index (χ4v) is 4.24. The van der Waals surface area contributed by atoms with Gasteiger partial charge in [0.15, 0.2) is 6.61 Å². The average molecular weight is 408 g/mol. The Bertz CT molecular complexity index is 928. The van der Waals surface area contributed by atoms with Gasteiger partial charge in [0.2, 0.25) is 5.91 Å². The maximum absolute atomic E-state index is 12.3. The first kappa shape index (κ1) is 20.4. The highest BCUT2D eigenvalue weighted by molar-refractivity contribution is 5.94. The van der Waals surface area contributed by atoms with Crippen LogP contribution in [0.5, 0.6) is 5.75 Å². The molecule has 0 spiro atoms. The second-order valence-corrected chi connectivity index (χ2v) is 8.01. The summed E-state index contributed by atoms with van der Waals surface area (Å²) in [5, 5.41) is 5.88. The van der Waals surface area contributed by atoms with Gasteiger partial charge in [-0.2, -0.15) is 0 Å². The predicted molar refractivity (Wildman–Crippen MR) is 117 cm³/mol. The minimum absolute atomic E-state index is 0.00951. The first-order chi connectivity index (χ1) is 14.6. The van der Waals surface area contributed by atoms with Crippen molar-refractivity contribution >= 4 is 17.5 Å². The monoisotopic (exact) mass is 407 g/mol. The van der Waals surface area contributed by atoms with Crippen LogP contribution in [-0.4, -0.2) is 42.5 Å². The molecule has 0 radical (unpaired) electrons. The second kappa shape index (κ2) is 9.30. The molecule has 4 rings (SSSR count). The number of fused-ring (bicyclic) bond motifs is 2. The number of hydrogen-bond donors (Lipinski definition) is 2. The molecular weight excluding hydrogens is 378 g/mol. The maximum Gasteiger partial charge on any atom is 0.257 e. The van der Waals surface area contributed by atoms with Crippen molar-refractivity contribution in [3.05, 3.63) is 59.2 Å². The zero-order chi connectivity index (χ0) is 20.9. The number of ether oxygens (including phenoxy) is 1. The Kier molecular flexibility index (Phi) is 6.33. The summed E-state index contributed by atoms with van der Waals surface area (Å²) in [6.45, 7) is 4.74. The third-order valence-corrected chi connectivity index (χ3v) is 6.02. The van der Waals surface area contributed by atoms with Crippen molar-refractivity contribution in [2.45, 2.75) is 45.2 Å². The summed E-state index contributed by atoms with van der Waals surface area (Å²) < 4.78 is 5.68. The van der Waals surface area contributed by atoms with Gasteiger partial charge in [0.1, 0.15) is 5.75 Å². The summed E-state index contributed by atoms with van der Waals surface area (Å²) in [6, 6.07) is 14.4. The van der Waals surface area contributed by atoms with Crippen molar-refractivity contribution in [2.75, 3.05) is 25.0 Å². The number of amides is 2. The van der Waals surface area contributed by atoms with Crippen LogP contribution in [0.3, 0.4) is 0 Å². The van der Waals surface area contributed by atoms with Gasteiger partial charge in [-0.1, -0.05) is 31.2 Å². The number of benzene rings is 2. The number of carbonyl (C=O) groups is 2. The molecule has 30 heavy (non-hydrogen) atoms. The van der Waals surface area contributed by atoms with Gasteiger partial charge in [-0.05, 0) is 54.2 Å². The highest BCUT2D eigenvalue weighted by Crippen LogP contribution is 2.26. The largest absolute Gasteiger partial charge is 0.484 e. The molecule has 0 saturated carbocycles. The molecule has 2 aliphatic rings. The van der Waals surface area contributed by atoms with Gasteiger partial charge in [-0.25, -0.2) is 0 Å². The number of hydrogen-bond acceptors (Lipinski definition) is 4. The topological polar surface area (TPSA) is 70.7 Å². The molecule has 1 atom stereocenters. The minimum Gasteiger partial charge on any atom is -0.484 e. The number of nitrogens with one attached hydrogen (secondary N) is 2. The highest BCUT2D eigenvalue weighted by Gasteiger charge is 2.22. The molecule has 6 heteroatoms. The zero-order valence-corrected chi connectivity index (χ0v) is 17.4. The van der Waals surface area contributed by atoms with Gasteiger partial charge in [-0.15, -0.1) is 0 Å². The lowest BCUT2D eigenvalue weighted by atomic mass is 9.98. The van der Waals surface area contributed by atoms with E-state index in [1.807, 2.05) is 12.1 Å². The summed E-state index contributed by atoms with van der Waals surface area (Å²) in [7, 11) is 0. The van der Waals surface area contributed by atoms with Crippen LogP contribution in [0.2, 0.25) is 0 Å². The molecule has 0 saturated heterocycles. The molecule has 0 aromatic heterocycles. The molecule has 2 aromatic rings. The Morgan fingerprint density at radius 3 is 2.80 bits per heavy atom. The van der Waals surface area contributed by atoms with Crippen molar-refractivity contribution < 1.29 is 14.3 Å². The fraction of sp³-hybridized carbons (Fsp3) is 0.417. The summed E-state index contributed by atoms with van der Waals surface area (Å²) in [5.41, 5.74) is 4.70. The molecule has 2 amide bonds. The Morgan fingerprint density at radius 2 is 1.97 bits per heavy atom.